The Balaban J connectivity index is 2.94. The van der Waals surface area contributed by atoms with Crippen molar-refractivity contribution in [1.29, 1.82) is 0 Å². The topological polar surface area (TPSA) is 162 Å². The third-order valence-electron chi connectivity index (χ3n) is 2.74. The summed E-state index contributed by atoms with van der Waals surface area (Å²) in [7, 11) is -4.05. The van der Waals surface area contributed by atoms with Gasteiger partial charge in [-0.05, 0) is 17.7 Å². The van der Waals surface area contributed by atoms with Crippen LogP contribution in [0.25, 0.3) is 0 Å². The standard InChI is InChI=1S/C11H14Cl3N2O8/c12-10(13)11(18)15-8(5-24-14(19,20)21)9(17)6-1-3-7(4-2-6)16(22)23/h1-4,8-10,17,19-21H,5H2,(H,15,18)/q+3/t8-,9-/m1/s1. The molecule has 134 valence electrons. The zero-order chi connectivity index (χ0) is 18.5. The van der Waals surface area contributed by atoms with Crippen molar-refractivity contribution in [2.24, 2.45) is 0 Å². The van der Waals surface area contributed by atoms with E-state index >= 15 is 0 Å². The van der Waals surface area contributed by atoms with E-state index in [0.717, 1.165) is 12.1 Å². The van der Waals surface area contributed by atoms with Gasteiger partial charge in [0.1, 0.15) is 6.10 Å². The van der Waals surface area contributed by atoms with Crippen LogP contribution < -0.4 is 5.32 Å². The third kappa shape index (κ3) is 6.71. The Morgan fingerprint density at radius 3 is 2.25 bits per heavy atom. The average Bonchev–Trinajstić information content (AvgIpc) is 2.49. The molecule has 1 amide bonds. The molecule has 5 N–H and O–H groups in total. The van der Waals surface area contributed by atoms with Crippen LogP contribution in [0.15, 0.2) is 24.3 Å². The molecule has 0 bridgehead atoms. The van der Waals surface area contributed by atoms with Crippen LogP contribution in [-0.2, 0) is 9.08 Å². The molecular formula is C11H14Cl3N2O8+3. The van der Waals surface area contributed by atoms with Gasteiger partial charge in [-0.2, -0.15) is 0 Å². The zero-order valence-corrected chi connectivity index (χ0v) is 14.0. The number of aliphatic hydroxyl groups excluding tert-OH is 1. The van der Waals surface area contributed by atoms with Gasteiger partial charge < -0.3 is 10.4 Å². The van der Waals surface area contributed by atoms with E-state index < -0.39 is 44.7 Å². The van der Waals surface area contributed by atoms with Crippen molar-refractivity contribution in [3.8, 4) is 0 Å². The lowest BCUT2D eigenvalue weighted by molar-refractivity contribution is -1.63. The molecule has 0 unspecified atom stereocenters. The Labute approximate surface area is 147 Å². The molecule has 0 aromatic heterocycles. The van der Waals surface area contributed by atoms with Gasteiger partial charge in [0, 0.05) is 12.1 Å². The maximum Gasteiger partial charge on any atom is 0.616 e. The summed E-state index contributed by atoms with van der Waals surface area (Å²) < 4.78 is 30.7. The fraction of sp³-hybridized carbons (Fsp3) is 0.364. The highest BCUT2D eigenvalue weighted by atomic mass is 35.7. The number of halogens is 3. The number of nitro groups is 1. The number of aliphatic hydroxyl groups is 1. The highest BCUT2D eigenvalue weighted by Gasteiger charge is 2.51. The van der Waals surface area contributed by atoms with Gasteiger partial charge in [0.25, 0.3) is 11.6 Å². The number of rotatable bonds is 8. The van der Waals surface area contributed by atoms with Gasteiger partial charge in [-0.1, -0.05) is 23.2 Å². The van der Waals surface area contributed by atoms with Crippen LogP contribution in [0.3, 0.4) is 0 Å². The number of nitrogens with one attached hydrogen (secondary N) is 1. The number of carbonyl (C=O) groups is 1. The molecule has 13 heteroatoms. The first kappa shape index (κ1) is 20.8. The van der Waals surface area contributed by atoms with E-state index in [1.54, 1.807) is 0 Å². The number of nitro benzene ring substituents is 1. The molecule has 0 aliphatic rings. The highest BCUT2D eigenvalue weighted by molar-refractivity contribution is 6.53. The number of carbonyl (C=O) groups excluding carboxylic acids is 1. The Bertz CT molecular complexity index is 578. The molecule has 0 aliphatic heterocycles. The number of hydrogen-bond acceptors (Lipinski definition) is 8. The fourth-order valence-electron chi connectivity index (χ4n) is 1.64. The molecule has 0 fully saturated rings. The summed E-state index contributed by atoms with van der Waals surface area (Å²) in [6.45, 7) is -0.717. The van der Waals surface area contributed by atoms with Crippen molar-refractivity contribution in [3.63, 3.8) is 0 Å². The first-order valence-electron chi connectivity index (χ1n) is 6.12. The quantitative estimate of drug-likeness (QED) is 0.223. The van der Waals surface area contributed by atoms with Gasteiger partial charge in [-0.15, -0.1) is 0 Å². The minimum Gasteiger partial charge on any atom is -0.386 e. The molecule has 0 spiro atoms. The minimum absolute atomic E-state index is 0.154. The molecule has 2 atom stereocenters. The second-order valence-corrected chi connectivity index (χ2v) is 6.60. The lowest BCUT2D eigenvalue weighted by Crippen LogP contribution is -2.46. The lowest BCUT2D eigenvalue weighted by atomic mass is 10.0. The van der Waals surface area contributed by atoms with Crippen LogP contribution in [-0.4, -0.2) is 47.4 Å². The maximum atomic E-state index is 11.5. The molecule has 24 heavy (non-hydrogen) atoms. The van der Waals surface area contributed by atoms with Crippen LogP contribution in [0, 0.1) is 20.4 Å². The summed E-state index contributed by atoms with van der Waals surface area (Å²) >= 11 is 10.8. The molecule has 0 saturated carbocycles. The molecule has 1 aromatic rings. The van der Waals surface area contributed by atoms with Gasteiger partial charge in [0.2, 0.25) is 6.61 Å². The Morgan fingerprint density at radius 2 is 1.83 bits per heavy atom. The van der Waals surface area contributed by atoms with Crippen LogP contribution >= 0.6 is 23.2 Å². The summed E-state index contributed by atoms with van der Waals surface area (Å²) in [6.07, 6.45) is -1.47. The Morgan fingerprint density at radius 1 is 1.29 bits per heavy atom. The molecule has 0 saturated heterocycles. The van der Waals surface area contributed by atoms with E-state index in [4.69, 9.17) is 37.2 Å². The van der Waals surface area contributed by atoms with Gasteiger partial charge in [-0.3, -0.25) is 14.9 Å². The molecule has 0 aliphatic carbocycles. The van der Waals surface area contributed by atoms with Crippen molar-refractivity contribution in [3.05, 3.63) is 39.9 Å². The fourth-order valence-corrected chi connectivity index (χ4v) is 2.07. The first-order chi connectivity index (χ1) is 11.0. The number of alkyl halides is 2. The van der Waals surface area contributed by atoms with E-state index in [1.165, 1.54) is 12.1 Å². The van der Waals surface area contributed by atoms with Crippen LogP contribution in [0.1, 0.15) is 11.7 Å². The predicted octanol–water partition coefficient (Wildman–Crippen LogP) is -0.273. The summed E-state index contributed by atoms with van der Waals surface area (Å²) in [5, 5.41) is 23.0. The first-order valence-corrected chi connectivity index (χ1v) is 8.31. The van der Waals surface area contributed by atoms with Crippen LogP contribution in [0.4, 0.5) is 5.69 Å². The Hall–Kier alpha value is -1.24. The molecule has 0 heterocycles. The van der Waals surface area contributed by atoms with Crippen molar-refractivity contribution >= 4 is 34.8 Å². The van der Waals surface area contributed by atoms with Crippen molar-refractivity contribution < 1.29 is 43.3 Å². The number of non-ortho nitro benzene ring substituents is 1. The molecular weight excluding hydrogens is 394 g/mol. The summed E-state index contributed by atoms with van der Waals surface area (Å²) in [5.74, 6) is -0.904. The van der Waals surface area contributed by atoms with Gasteiger partial charge in [0.15, 0.2) is 23.1 Å². The monoisotopic (exact) mass is 407 g/mol. The van der Waals surface area contributed by atoms with Gasteiger partial charge in [-0.25, -0.2) is 0 Å². The predicted molar refractivity (Wildman–Crippen MR) is 78.1 cm³/mol. The number of benzene rings is 1. The van der Waals surface area contributed by atoms with Gasteiger partial charge in [0.05, 0.1) is 11.0 Å². The van der Waals surface area contributed by atoms with Gasteiger partial charge >= 0.3 is 10.2 Å². The smallest absolute Gasteiger partial charge is 0.386 e. The highest BCUT2D eigenvalue weighted by Crippen LogP contribution is 2.22. The van der Waals surface area contributed by atoms with Crippen LogP contribution in [0.5, 0.6) is 0 Å². The summed E-state index contributed by atoms with van der Waals surface area (Å²) in [4.78, 5) is 20.0. The van der Waals surface area contributed by atoms with E-state index in [-0.39, 0.29) is 11.3 Å². The second kappa shape index (κ2) is 8.74. The lowest BCUT2D eigenvalue weighted by Gasteiger charge is -2.21. The zero-order valence-electron chi connectivity index (χ0n) is 11.8. The molecule has 10 nitrogen and oxygen atoms in total. The maximum absolute atomic E-state index is 11.5. The molecule has 1 rings (SSSR count). The second-order valence-electron chi connectivity index (χ2n) is 4.42. The summed E-state index contributed by atoms with van der Waals surface area (Å²) in [6, 6.07) is 3.43. The van der Waals surface area contributed by atoms with E-state index in [0.29, 0.717) is 0 Å². The third-order valence-corrected chi connectivity index (χ3v) is 3.56. The van der Waals surface area contributed by atoms with Crippen molar-refractivity contribution in [1.82, 2.24) is 5.32 Å². The van der Waals surface area contributed by atoms with Crippen molar-refractivity contribution in [2.45, 2.75) is 17.0 Å². The normalized spacial score (nSPS) is 14.3. The van der Waals surface area contributed by atoms with Crippen molar-refractivity contribution in [2.75, 3.05) is 6.61 Å². The largest absolute Gasteiger partial charge is 0.616 e. The number of amides is 1. The van der Waals surface area contributed by atoms with E-state index in [1.807, 2.05) is 0 Å². The number of hydrogen-bond donors (Lipinski definition) is 5. The van der Waals surface area contributed by atoms with E-state index in [2.05, 4.69) is 9.61 Å². The summed E-state index contributed by atoms with van der Waals surface area (Å²) in [5.41, 5.74) is -0.0614. The number of nitrogens with zero attached hydrogens (tertiary/aromatic N) is 1. The SMILES string of the molecule is O=C(N[C@H](CO[Cl+3](O)(O)O)[C@H](O)c1ccc([N+](=O)[O-])cc1)C(Cl)Cl. The molecule has 0 radical (unpaired) electrons. The average molecular weight is 409 g/mol. The van der Waals surface area contributed by atoms with E-state index in [9.17, 15) is 20.0 Å². The van der Waals surface area contributed by atoms with Crippen LogP contribution in [0.2, 0.25) is 0 Å². The minimum atomic E-state index is -4.05. The molecule has 1 aromatic carbocycles. The Kier molecular flexibility index (Phi) is 7.57.